The maximum atomic E-state index is 12.5. The van der Waals surface area contributed by atoms with Crippen LogP contribution >= 0.6 is 0 Å². The number of aromatic amines is 1. The van der Waals surface area contributed by atoms with Crippen LogP contribution < -0.4 is 10.6 Å². The zero-order valence-corrected chi connectivity index (χ0v) is 17.0. The van der Waals surface area contributed by atoms with E-state index in [4.69, 9.17) is 0 Å². The van der Waals surface area contributed by atoms with Gasteiger partial charge < -0.3 is 20.4 Å². The van der Waals surface area contributed by atoms with Gasteiger partial charge in [-0.2, -0.15) is 0 Å². The van der Waals surface area contributed by atoms with Crippen LogP contribution in [0.1, 0.15) is 52.0 Å². The van der Waals surface area contributed by atoms with Crippen LogP contribution in [0.5, 0.6) is 0 Å². The SMILES string of the molecule is CCCC(CCC)C(=O)N[C@@H](C)C(=O)N[C@H](C=O)Cc1c[nH]c2ccccc12. The van der Waals surface area contributed by atoms with Crippen molar-refractivity contribution in [1.29, 1.82) is 0 Å². The number of fused-ring (bicyclic) bond motifs is 1. The molecule has 2 rings (SSSR count). The van der Waals surface area contributed by atoms with Gasteiger partial charge >= 0.3 is 0 Å². The predicted octanol–water partition coefficient (Wildman–Crippen LogP) is 3.12. The van der Waals surface area contributed by atoms with Gasteiger partial charge in [0.15, 0.2) is 0 Å². The van der Waals surface area contributed by atoms with Gasteiger partial charge in [0.25, 0.3) is 0 Å². The maximum absolute atomic E-state index is 12.5. The molecular weight excluding hydrogens is 354 g/mol. The van der Waals surface area contributed by atoms with Crippen LogP contribution in [-0.4, -0.2) is 35.2 Å². The van der Waals surface area contributed by atoms with Crippen LogP contribution in [0.4, 0.5) is 0 Å². The maximum Gasteiger partial charge on any atom is 0.242 e. The molecule has 0 aliphatic heterocycles. The number of carbonyl (C=O) groups excluding carboxylic acids is 3. The molecular formula is C22H31N3O3. The number of para-hydroxylation sites is 1. The molecule has 0 spiro atoms. The number of rotatable bonds is 11. The smallest absolute Gasteiger partial charge is 0.242 e. The summed E-state index contributed by atoms with van der Waals surface area (Å²) in [5.74, 6) is -0.513. The van der Waals surface area contributed by atoms with Gasteiger partial charge in [-0.25, -0.2) is 0 Å². The lowest BCUT2D eigenvalue weighted by atomic mass is 9.97. The highest BCUT2D eigenvalue weighted by Crippen LogP contribution is 2.19. The van der Waals surface area contributed by atoms with Crippen molar-refractivity contribution in [2.75, 3.05) is 0 Å². The molecule has 0 unspecified atom stereocenters. The zero-order chi connectivity index (χ0) is 20.5. The molecule has 0 saturated carbocycles. The quantitative estimate of drug-likeness (QED) is 0.519. The molecule has 2 amide bonds. The van der Waals surface area contributed by atoms with Gasteiger partial charge in [-0.05, 0) is 31.4 Å². The number of aromatic nitrogens is 1. The third kappa shape index (κ3) is 5.68. The summed E-state index contributed by atoms with van der Waals surface area (Å²) in [5.41, 5.74) is 1.96. The Kier molecular flexibility index (Phi) is 8.23. The molecule has 1 heterocycles. The molecule has 2 aromatic rings. The molecule has 1 aromatic heterocycles. The highest BCUT2D eigenvalue weighted by Gasteiger charge is 2.23. The van der Waals surface area contributed by atoms with Gasteiger partial charge in [-0.3, -0.25) is 9.59 Å². The lowest BCUT2D eigenvalue weighted by Crippen LogP contribution is -2.50. The number of aldehydes is 1. The molecule has 6 heteroatoms. The summed E-state index contributed by atoms with van der Waals surface area (Å²) >= 11 is 0. The molecule has 0 aliphatic rings. The summed E-state index contributed by atoms with van der Waals surface area (Å²) in [5, 5.41) is 6.57. The number of nitrogens with one attached hydrogen (secondary N) is 3. The fourth-order valence-electron chi connectivity index (χ4n) is 3.48. The monoisotopic (exact) mass is 385 g/mol. The third-order valence-corrected chi connectivity index (χ3v) is 5.00. The summed E-state index contributed by atoms with van der Waals surface area (Å²) in [6.07, 6.45) is 6.47. The Labute approximate surface area is 166 Å². The fourth-order valence-corrected chi connectivity index (χ4v) is 3.48. The van der Waals surface area contributed by atoms with Gasteiger partial charge in [0.2, 0.25) is 11.8 Å². The van der Waals surface area contributed by atoms with Gasteiger partial charge in [0.1, 0.15) is 12.3 Å². The van der Waals surface area contributed by atoms with Crippen LogP contribution in [0.15, 0.2) is 30.5 Å². The average molecular weight is 386 g/mol. The summed E-state index contributed by atoms with van der Waals surface area (Å²) in [6.45, 7) is 5.74. The molecule has 2 atom stereocenters. The van der Waals surface area contributed by atoms with E-state index < -0.39 is 12.1 Å². The number of benzene rings is 1. The van der Waals surface area contributed by atoms with E-state index in [0.717, 1.165) is 48.4 Å². The van der Waals surface area contributed by atoms with Gasteiger partial charge in [0.05, 0.1) is 6.04 Å². The Bertz CT molecular complexity index is 793. The van der Waals surface area contributed by atoms with E-state index in [-0.39, 0.29) is 17.7 Å². The molecule has 0 radical (unpaired) electrons. The number of carbonyl (C=O) groups is 3. The molecule has 0 fully saturated rings. The molecule has 3 N–H and O–H groups in total. The minimum absolute atomic E-state index is 0.0710. The van der Waals surface area contributed by atoms with Crippen molar-refractivity contribution in [3.63, 3.8) is 0 Å². The van der Waals surface area contributed by atoms with Crippen molar-refractivity contribution < 1.29 is 14.4 Å². The van der Waals surface area contributed by atoms with Crippen molar-refractivity contribution in [2.45, 2.75) is 65.0 Å². The second kappa shape index (κ2) is 10.6. The van der Waals surface area contributed by atoms with E-state index in [9.17, 15) is 14.4 Å². The van der Waals surface area contributed by atoms with Gasteiger partial charge in [0, 0.05) is 29.4 Å². The van der Waals surface area contributed by atoms with E-state index in [0.29, 0.717) is 6.42 Å². The lowest BCUT2D eigenvalue weighted by Gasteiger charge is -2.21. The first-order valence-corrected chi connectivity index (χ1v) is 10.1. The first-order valence-electron chi connectivity index (χ1n) is 10.1. The summed E-state index contributed by atoms with van der Waals surface area (Å²) < 4.78 is 0. The molecule has 0 aliphatic carbocycles. The molecule has 0 saturated heterocycles. The van der Waals surface area contributed by atoms with Crippen LogP contribution in [0.2, 0.25) is 0 Å². The Morgan fingerprint density at radius 3 is 2.39 bits per heavy atom. The molecule has 6 nitrogen and oxygen atoms in total. The van der Waals surface area contributed by atoms with Crippen molar-refractivity contribution in [2.24, 2.45) is 5.92 Å². The number of hydrogen-bond acceptors (Lipinski definition) is 3. The van der Waals surface area contributed by atoms with Gasteiger partial charge in [-0.15, -0.1) is 0 Å². The highest BCUT2D eigenvalue weighted by atomic mass is 16.2. The predicted molar refractivity (Wildman–Crippen MR) is 111 cm³/mol. The van der Waals surface area contributed by atoms with Crippen molar-refractivity contribution in [1.82, 2.24) is 15.6 Å². The lowest BCUT2D eigenvalue weighted by molar-refractivity contribution is -0.131. The molecule has 1 aromatic carbocycles. The topological polar surface area (TPSA) is 91.1 Å². The summed E-state index contributed by atoms with van der Waals surface area (Å²) in [4.78, 5) is 39.6. The van der Waals surface area contributed by atoms with Crippen molar-refractivity contribution >= 4 is 29.0 Å². The van der Waals surface area contributed by atoms with Crippen molar-refractivity contribution in [3.05, 3.63) is 36.0 Å². The Hall–Kier alpha value is -2.63. The highest BCUT2D eigenvalue weighted by molar-refractivity contribution is 5.90. The first-order chi connectivity index (χ1) is 13.5. The largest absolute Gasteiger partial charge is 0.361 e. The summed E-state index contributed by atoms with van der Waals surface area (Å²) in [7, 11) is 0. The summed E-state index contributed by atoms with van der Waals surface area (Å²) in [6, 6.07) is 6.50. The Morgan fingerprint density at radius 2 is 1.75 bits per heavy atom. The van der Waals surface area contributed by atoms with Crippen LogP contribution in [0.25, 0.3) is 10.9 Å². The second-order valence-electron chi connectivity index (χ2n) is 7.32. The minimum atomic E-state index is -0.686. The number of hydrogen-bond donors (Lipinski definition) is 3. The van der Waals surface area contributed by atoms with E-state index in [1.807, 2.05) is 44.3 Å². The normalized spacial score (nSPS) is 13.3. The molecule has 152 valence electrons. The second-order valence-corrected chi connectivity index (χ2v) is 7.32. The van der Waals surface area contributed by atoms with Crippen LogP contribution in [-0.2, 0) is 20.8 Å². The van der Waals surface area contributed by atoms with Gasteiger partial charge in [-0.1, -0.05) is 44.9 Å². The average Bonchev–Trinajstić information content (AvgIpc) is 3.10. The van der Waals surface area contributed by atoms with E-state index in [1.54, 1.807) is 6.92 Å². The third-order valence-electron chi connectivity index (χ3n) is 5.00. The van der Waals surface area contributed by atoms with Crippen LogP contribution in [0.3, 0.4) is 0 Å². The zero-order valence-electron chi connectivity index (χ0n) is 17.0. The fraction of sp³-hybridized carbons (Fsp3) is 0.500. The Morgan fingerprint density at radius 1 is 1.07 bits per heavy atom. The molecule has 28 heavy (non-hydrogen) atoms. The molecule has 0 bridgehead atoms. The van der Waals surface area contributed by atoms with E-state index in [2.05, 4.69) is 15.6 Å². The van der Waals surface area contributed by atoms with E-state index >= 15 is 0 Å². The Balaban J connectivity index is 1.95. The number of amides is 2. The minimum Gasteiger partial charge on any atom is -0.361 e. The van der Waals surface area contributed by atoms with Crippen LogP contribution in [0, 0.1) is 5.92 Å². The first kappa shape index (κ1) is 21.7. The number of H-pyrrole nitrogens is 1. The van der Waals surface area contributed by atoms with E-state index in [1.165, 1.54) is 0 Å². The standard InChI is InChI=1S/C22H31N3O3/c1-4-8-16(9-5-2)22(28)24-15(3)21(27)25-18(14-26)12-17-13-23-20-11-7-6-10-19(17)20/h6-7,10-11,13-16,18,23H,4-5,8-9,12H2,1-3H3,(H,24,28)(H,25,27)/t15-,18-/m0/s1. The van der Waals surface area contributed by atoms with Crippen molar-refractivity contribution in [3.8, 4) is 0 Å².